The van der Waals surface area contributed by atoms with Gasteiger partial charge in [0, 0.05) is 28.6 Å². The molecular weight excluding hydrogens is 288 g/mol. The Hall–Kier alpha value is -3.01. The highest BCUT2D eigenvalue weighted by molar-refractivity contribution is 6.25. The highest BCUT2D eigenvalue weighted by Gasteiger charge is 2.32. The van der Waals surface area contributed by atoms with Crippen molar-refractivity contribution in [2.24, 2.45) is 0 Å². The number of amides is 2. The van der Waals surface area contributed by atoms with Gasteiger partial charge in [0.25, 0.3) is 11.8 Å². The first-order chi connectivity index (χ1) is 11.3. The third kappa shape index (κ3) is 2.19. The van der Waals surface area contributed by atoms with Crippen molar-refractivity contribution < 1.29 is 14.2 Å². The minimum atomic E-state index is -0.212. The van der Waals surface area contributed by atoms with Gasteiger partial charge < -0.3 is 0 Å². The molecule has 0 saturated heterocycles. The molecule has 23 heavy (non-hydrogen) atoms. The Labute approximate surface area is 133 Å². The fourth-order valence-electron chi connectivity index (χ4n) is 3.08. The fraction of sp³-hybridized carbons (Fsp3) is 0.105. The molecule has 0 unspecified atom stereocenters. The van der Waals surface area contributed by atoms with Crippen molar-refractivity contribution in [1.82, 2.24) is 4.90 Å². The fourth-order valence-corrected chi connectivity index (χ4v) is 3.08. The van der Waals surface area contributed by atoms with E-state index < -0.39 is 0 Å². The summed E-state index contributed by atoms with van der Waals surface area (Å²) in [5.74, 6) is -0.424. The van der Waals surface area contributed by atoms with E-state index in [2.05, 4.69) is 0 Å². The molecule has 1 aliphatic heterocycles. The standard InChI is InChI=1S/C19H15N2O2/c22-18-15-8-4-6-14-7-5-9-16(17(14)15)19(23)21(18)13-12-20-10-2-1-3-11-20/h1-11H,12-13H2/q+1. The predicted molar refractivity (Wildman–Crippen MR) is 86.0 cm³/mol. The van der Waals surface area contributed by atoms with E-state index in [4.69, 9.17) is 0 Å². The van der Waals surface area contributed by atoms with E-state index in [0.29, 0.717) is 24.2 Å². The molecule has 0 spiro atoms. The van der Waals surface area contributed by atoms with Crippen molar-refractivity contribution >= 4 is 22.6 Å². The van der Waals surface area contributed by atoms with Gasteiger partial charge in [0.1, 0.15) is 0 Å². The van der Waals surface area contributed by atoms with Gasteiger partial charge in [-0.3, -0.25) is 14.5 Å². The summed E-state index contributed by atoms with van der Waals surface area (Å²) >= 11 is 0. The van der Waals surface area contributed by atoms with Gasteiger partial charge in [0.15, 0.2) is 18.9 Å². The molecule has 4 heteroatoms. The number of benzene rings is 2. The Morgan fingerprint density at radius 3 is 2.00 bits per heavy atom. The lowest BCUT2D eigenvalue weighted by atomic mass is 9.94. The summed E-state index contributed by atoms with van der Waals surface area (Å²) in [5, 5.41) is 1.70. The summed E-state index contributed by atoms with van der Waals surface area (Å²) in [5.41, 5.74) is 1.21. The number of hydrogen-bond donors (Lipinski definition) is 0. The van der Waals surface area contributed by atoms with Crippen LogP contribution in [0.15, 0.2) is 67.0 Å². The van der Waals surface area contributed by atoms with Crippen LogP contribution < -0.4 is 4.57 Å². The zero-order valence-corrected chi connectivity index (χ0v) is 12.5. The Kier molecular flexibility index (Phi) is 3.15. The summed E-state index contributed by atoms with van der Waals surface area (Å²) in [4.78, 5) is 26.8. The third-order valence-electron chi connectivity index (χ3n) is 4.21. The molecule has 2 aromatic carbocycles. The van der Waals surface area contributed by atoms with E-state index in [9.17, 15) is 9.59 Å². The maximum atomic E-state index is 12.7. The van der Waals surface area contributed by atoms with Gasteiger partial charge in [-0.2, -0.15) is 0 Å². The molecule has 0 bridgehead atoms. The molecule has 0 fully saturated rings. The van der Waals surface area contributed by atoms with Crippen molar-refractivity contribution in [1.29, 1.82) is 0 Å². The van der Waals surface area contributed by atoms with Crippen LogP contribution in [0.2, 0.25) is 0 Å². The number of aromatic nitrogens is 1. The zero-order chi connectivity index (χ0) is 15.8. The minimum Gasteiger partial charge on any atom is -0.269 e. The molecule has 2 amide bonds. The molecule has 0 saturated carbocycles. The number of pyridine rings is 1. The van der Waals surface area contributed by atoms with Gasteiger partial charge in [0.05, 0.1) is 6.54 Å². The van der Waals surface area contributed by atoms with E-state index >= 15 is 0 Å². The average Bonchev–Trinajstić information content (AvgIpc) is 2.60. The van der Waals surface area contributed by atoms with Crippen molar-refractivity contribution in [3.63, 3.8) is 0 Å². The van der Waals surface area contributed by atoms with Gasteiger partial charge in [-0.25, -0.2) is 4.57 Å². The molecule has 4 nitrogen and oxygen atoms in total. The van der Waals surface area contributed by atoms with E-state index in [1.807, 2.05) is 59.4 Å². The van der Waals surface area contributed by atoms with Crippen LogP contribution in [0.5, 0.6) is 0 Å². The first kappa shape index (κ1) is 13.6. The molecule has 1 aliphatic rings. The van der Waals surface area contributed by atoms with Crippen molar-refractivity contribution in [3.05, 3.63) is 78.1 Å². The Morgan fingerprint density at radius 2 is 1.39 bits per heavy atom. The van der Waals surface area contributed by atoms with Gasteiger partial charge in [0.2, 0.25) is 0 Å². The van der Waals surface area contributed by atoms with E-state index in [0.717, 1.165) is 10.8 Å². The minimum absolute atomic E-state index is 0.212. The lowest BCUT2D eigenvalue weighted by Gasteiger charge is -2.26. The highest BCUT2D eigenvalue weighted by atomic mass is 16.2. The summed E-state index contributed by atoms with van der Waals surface area (Å²) in [6.45, 7) is 0.938. The van der Waals surface area contributed by atoms with Crippen LogP contribution in [0.1, 0.15) is 20.7 Å². The number of carbonyl (C=O) groups excluding carboxylic acids is 2. The van der Waals surface area contributed by atoms with E-state index in [1.54, 1.807) is 12.1 Å². The SMILES string of the molecule is O=C1c2cccc3cccc(c23)C(=O)N1CC[n+]1ccccc1. The number of nitrogens with zero attached hydrogens (tertiary/aromatic N) is 2. The highest BCUT2D eigenvalue weighted by Crippen LogP contribution is 2.29. The normalized spacial score (nSPS) is 13.7. The van der Waals surface area contributed by atoms with Gasteiger partial charge in [-0.1, -0.05) is 30.3 Å². The molecule has 0 aliphatic carbocycles. The lowest BCUT2D eigenvalue weighted by molar-refractivity contribution is -0.695. The molecule has 4 rings (SSSR count). The van der Waals surface area contributed by atoms with Crippen LogP contribution in [-0.2, 0) is 6.54 Å². The number of rotatable bonds is 3. The van der Waals surface area contributed by atoms with E-state index in [1.165, 1.54) is 4.90 Å². The summed E-state index contributed by atoms with van der Waals surface area (Å²) < 4.78 is 1.96. The Balaban J connectivity index is 1.71. The van der Waals surface area contributed by atoms with Crippen LogP contribution in [0, 0.1) is 0 Å². The smallest absolute Gasteiger partial charge is 0.261 e. The van der Waals surface area contributed by atoms with Crippen LogP contribution in [-0.4, -0.2) is 23.3 Å². The quantitative estimate of drug-likeness (QED) is 0.551. The van der Waals surface area contributed by atoms with Crippen LogP contribution in [0.3, 0.4) is 0 Å². The Bertz CT molecular complexity index is 868. The summed E-state index contributed by atoms with van der Waals surface area (Å²) in [6.07, 6.45) is 3.85. The van der Waals surface area contributed by atoms with Crippen LogP contribution >= 0.6 is 0 Å². The molecule has 1 aromatic heterocycles. The van der Waals surface area contributed by atoms with Crippen molar-refractivity contribution in [3.8, 4) is 0 Å². The molecule has 2 heterocycles. The Morgan fingerprint density at radius 1 is 0.783 bits per heavy atom. The second-order valence-electron chi connectivity index (χ2n) is 5.58. The molecule has 112 valence electrons. The molecule has 0 radical (unpaired) electrons. The van der Waals surface area contributed by atoms with Crippen LogP contribution in [0.25, 0.3) is 10.8 Å². The van der Waals surface area contributed by atoms with Gasteiger partial charge in [-0.05, 0) is 17.5 Å². The molecule has 0 atom stereocenters. The van der Waals surface area contributed by atoms with Gasteiger partial charge in [-0.15, -0.1) is 0 Å². The first-order valence-electron chi connectivity index (χ1n) is 7.58. The van der Waals surface area contributed by atoms with Crippen LogP contribution in [0.4, 0.5) is 0 Å². The van der Waals surface area contributed by atoms with Gasteiger partial charge >= 0.3 is 0 Å². The lowest BCUT2D eigenvalue weighted by Crippen LogP contribution is -2.46. The topological polar surface area (TPSA) is 41.3 Å². The average molecular weight is 303 g/mol. The summed E-state index contributed by atoms with van der Waals surface area (Å²) in [6, 6.07) is 17.0. The maximum Gasteiger partial charge on any atom is 0.261 e. The second-order valence-corrected chi connectivity index (χ2v) is 5.58. The number of hydrogen-bond acceptors (Lipinski definition) is 2. The monoisotopic (exact) mass is 303 g/mol. The first-order valence-corrected chi connectivity index (χ1v) is 7.58. The predicted octanol–water partition coefficient (Wildman–Crippen LogP) is 2.42. The van der Waals surface area contributed by atoms with Crippen molar-refractivity contribution in [2.75, 3.05) is 6.54 Å². The molecule has 0 N–H and O–H groups in total. The van der Waals surface area contributed by atoms with Crippen molar-refractivity contribution in [2.45, 2.75) is 6.54 Å². The number of imide groups is 1. The van der Waals surface area contributed by atoms with E-state index in [-0.39, 0.29) is 11.8 Å². The summed E-state index contributed by atoms with van der Waals surface area (Å²) in [7, 11) is 0. The largest absolute Gasteiger partial charge is 0.269 e. The zero-order valence-electron chi connectivity index (χ0n) is 12.5. The molecule has 3 aromatic rings. The maximum absolute atomic E-state index is 12.7. The third-order valence-corrected chi connectivity index (χ3v) is 4.21. The second kappa shape index (κ2) is 5.32. The number of carbonyl (C=O) groups is 2. The molecular formula is C19H15N2O2+.